The van der Waals surface area contributed by atoms with Gasteiger partial charge in [0, 0.05) is 16.9 Å². The first kappa shape index (κ1) is 20.0. The Labute approximate surface area is 177 Å². The van der Waals surface area contributed by atoms with Crippen LogP contribution in [0.3, 0.4) is 0 Å². The highest BCUT2D eigenvalue weighted by Crippen LogP contribution is 2.41. The van der Waals surface area contributed by atoms with Crippen molar-refractivity contribution in [3.05, 3.63) is 89.7 Å². The molecule has 4 rings (SSSR count). The lowest BCUT2D eigenvalue weighted by molar-refractivity contribution is -0.115. The Hall–Kier alpha value is -3.32. The van der Waals surface area contributed by atoms with E-state index in [1.165, 1.54) is 23.9 Å². The van der Waals surface area contributed by atoms with Gasteiger partial charge in [0.25, 0.3) is 5.91 Å². The van der Waals surface area contributed by atoms with Crippen LogP contribution in [0, 0.1) is 5.82 Å². The lowest BCUT2D eigenvalue weighted by atomic mass is 10.1. The average molecular weight is 422 g/mol. The Balaban J connectivity index is 1.50. The van der Waals surface area contributed by atoms with Crippen molar-refractivity contribution in [1.82, 2.24) is 0 Å². The summed E-state index contributed by atoms with van der Waals surface area (Å²) in [7, 11) is 1.55. The topological polar surface area (TPSA) is 58.6 Å². The fourth-order valence-corrected chi connectivity index (χ4v) is 4.43. The molecule has 2 amide bonds. The zero-order chi connectivity index (χ0) is 21.1. The molecule has 0 saturated carbocycles. The maximum atomic E-state index is 13.3. The van der Waals surface area contributed by atoms with E-state index in [9.17, 15) is 14.0 Å². The lowest BCUT2D eigenvalue weighted by Gasteiger charge is -2.24. The molecule has 3 aromatic carbocycles. The van der Waals surface area contributed by atoms with Gasteiger partial charge in [-0.1, -0.05) is 18.2 Å². The molecule has 30 heavy (non-hydrogen) atoms. The summed E-state index contributed by atoms with van der Waals surface area (Å²) in [6.07, 6.45) is 0. The van der Waals surface area contributed by atoms with E-state index in [0.717, 1.165) is 5.56 Å². The molecule has 7 heteroatoms. The fourth-order valence-electron chi connectivity index (χ4n) is 3.25. The van der Waals surface area contributed by atoms with Crippen molar-refractivity contribution in [2.24, 2.45) is 0 Å². The molecule has 152 valence electrons. The second-order valence-electron chi connectivity index (χ2n) is 6.71. The van der Waals surface area contributed by atoms with Gasteiger partial charge in [-0.15, -0.1) is 11.8 Å². The Kier molecular flexibility index (Phi) is 5.72. The number of anilines is 2. The van der Waals surface area contributed by atoms with Crippen molar-refractivity contribution in [3.63, 3.8) is 0 Å². The van der Waals surface area contributed by atoms with Crippen molar-refractivity contribution in [1.29, 1.82) is 0 Å². The molecule has 0 aromatic heterocycles. The van der Waals surface area contributed by atoms with Gasteiger partial charge in [0.2, 0.25) is 5.91 Å². The van der Waals surface area contributed by atoms with Gasteiger partial charge in [-0.05, 0) is 60.2 Å². The quantitative estimate of drug-likeness (QED) is 0.638. The number of methoxy groups -OCH3 is 1. The van der Waals surface area contributed by atoms with Gasteiger partial charge in [0.05, 0.1) is 12.9 Å². The summed E-state index contributed by atoms with van der Waals surface area (Å²) in [5.74, 6) is 0.371. The molecule has 3 aromatic rings. The molecular weight excluding hydrogens is 403 g/mol. The van der Waals surface area contributed by atoms with Gasteiger partial charge < -0.3 is 10.1 Å². The summed E-state index contributed by atoms with van der Waals surface area (Å²) < 4.78 is 18.4. The molecule has 1 heterocycles. The predicted octanol–water partition coefficient (Wildman–Crippen LogP) is 4.87. The van der Waals surface area contributed by atoms with Crippen molar-refractivity contribution in [3.8, 4) is 5.75 Å². The number of hydrogen-bond donors (Lipinski definition) is 1. The Bertz CT molecular complexity index is 1070. The molecule has 0 unspecified atom stereocenters. The van der Waals surface area contributed by atoms with E-state index in [4.69, 9.17) is 4.74 Å². The van der Waals surface area contributed by atoms with Crippen LogP contribution in [0.15, 0.2) is 72.8 Å². The third-order valence-electron chi connectivity index (χ3n) is 4.76. The van der Waals surface area contributed by atoms with Crippen LogP contribution in [0.4, 0.5) is 15.8 Å². The summed E-state index contributed by atoms with van der Waals surface area (Å²) in [4.78, 5) is 26.6. The van der Waals surface area contributed by atoms with Gasteiger partial charge in [0.15, 0.2) is 0 Å². The Morgan fingerprint density at radius 1 is 1.10 bits per heavy atom. The number of benzene rings is 3. The molecule has 1 atom stereocenters. The maximum absolute atomic E-state index is 13.3. The van der Waals surface area contributed by atoms with Crippen molar-refractivity contribution < 1.29 is 18.7 Å². The smallest absolute Gasteiger partial charge is 0.255 e. The van der Waals surface area contributed by atoms with E-state index in [-0.39, 0.29) is 23.0 Å². The zero-order valence-corrected chi connectivity index (χ0v) is 17.0. The van der Waals surface area contributed by atoms with Crippen LogP contribution in [-0.4, -0.2) is 24.7 Å². The molecule has 5 nitrogen and oxygen atoms in total. The number of hydrogen-bond acceptors (Lipinski definition) is 4. The maximum Gasteiger partial charge on any atom is 0.255 e. The first-order valence-electron chi connectivity index (χ1n) is 9.30. The van der Waals surface area contributed by atoms with Crippen LogP contribution >= 0.6 is 11.8 Å². The van der Waals surface area contributed by atoms with Gasteiger partial charge in [-0.2, -0.15) is 0 Å². The van der Waals surface area contributed by atoms with E-state index < -0.39 is 0 Å². The highest BCUT2D eigenvalue weighted by molar-refractivity contribution is 8.00. The summed E-state index contributed by atoms with van der Waals surface area (Å²) in [5.41, 5.74) is 2.73. The molecule has 1 aliphatic rings. The number of carbonyl (C=O) groups is 2. The van der Waals surface area contributed by atoms with Crippen LogP contribution in [-0.2, 0) is 4.79 Å². The molecule has 0 spiro atoms. The van der Waals surface area contributed by atoms with E-state index in [0.29, 0.717) is 28.4 Å². The predicted molar refractivity (Wildman–Crippen MR) is 116 cm³/mol. The van der Waals surface area contributed by atoms with E-state index >= 15 is 0 Å². The molecule has 1 aliphatic heterocycles. The van der Waals surface area contributed by atoms with Crippen molar-refractivity contribution in [2.45, 2.75) is 5.37 Å². The minimum Gasteiger partial charge on any atom is -0.497 e. The minimum absolute atomic E-state index is 0.0213. The molecule has 0 aliphatic carbocycles. The zero-order valence-electron chi connectivity index (χ0n) is 16.2. The van der Waals surface area contributed by atoms with Gasteiger partial charge >= 0.3 is 0 Å². The first-order valence-corrected chi connectivity index (χ1v) is 10.3. The van der Waals surface area contributed by atoms with E-state index in [1.807, 2.05) is 12.1 Å². The SMILES string of the molecule is COc1cccc(C(=O)Nc2ccc([C@H]3SCC(=O)N3c3ccc(F)cc3)cc2)c1. The van der Waals surface area contributed by atoms with Gasteiger partial charge in [-0.3, -0.25) is 14.5 Å². The molecule has 0 bridgehead atoms. The third kappa shape index (κ3) is 4.16. The van der Waals surface area contributed by atoms with Gasteiger partial charge in [0.1, 0.15) is 16.9 Å². The number of halogens is 1. The molecular formula is C23H19FN2O3S. The molecule has 0 radical (unpaired) electrons. The van der Waals surface area contributed by atoms with Crippen molar-refractivity contribution in [2.75, 3.05) is 23.1 Å². The van der Waals surface area contributed by atoms with Gasteiger partial charge in [-0.25, -0.2) is 4.39 Å². The number of thioether (sulfide) groups is 1. The normalized spacial score (nSPS) is 15.9. The van der Waals surface area contributed by atoms with Crippen LogP contribution in [0.5, 0.6) is 5.75 Å². The minimum atomic E-state index is -0.342. The summed E-state index contributed by atoms with van der Waals surface area (Å²) in [6, 6.07) is 20.2. The number of ether oxygens (including phenoxy) is 1. The first-order chi connectivity index (χ1) is 14.5. The monoisotopic (exact) mass is 422 g/mol. The number of amides is 2. The molecule has 1 saturated heterocycles. The van der Waals surface area contributed by atoms with Crippen LogP contribution in [0.1, 0.15) is 21.3 Å². The van der Waals surface area contributed by atoms with Crippen LogP contribution in [0.2, 0.25) is 0 Å². The largest absolute Gasteiger partial charge is 0.497 e. The fraction of sp³-hybridized carbons (Fsp3) is 0.130. The van der Waals surface area contributed by atoms with Crippen molar-refractivity contribution >= 4 is 35.0 Å². The van der Waals surface area contributed by atoms with Crippen LogP contribution < -0.4 is 15.0 Å². The number of nitrogens with one attached hydrogen (secondary N) is 1. The molecule has 1 N–H and O–H groups in total. The summed E-state index contributed by atoms with van der Waals surface area (Å²) in [6.45, 7) is 0. The summed E-state index contributed by atoms with van der Waals surface area (Å²) in [5, 5.41) is 2.66. The van der Waals surface area contributed by atoms with Crippen LogP contribution in [0.25, 0.3) is 0 Å². The molecule has 1 fully saturated rings. The Morgan fingerprint density at radius 2 is 1.83 bits per heavy atom. The number of rotatable bonds is 5. The number of carbonyl (C=O) groups excluding carboxylic acids is 2. The second kappa shape index (κ2) is 8.59. The standard InChI is InChI=1S/C23H19FN2O3S/c1-29-20-4-2-3-16(13-20)22(28)25-18-9-5-15(6-10-18)23-26(21(27)14-30-23)19-11-7-17(24)8-12-19/h2-13,23H,14H2,1H3,(H,25,28)/t23-/m1/s1. The highest BCUT2D eigenvalue weighted by Gasteiger charge is 2.34. The average Bonchev–Trinajstić information content (AvgIpc) is 3.16. The Morgan fingerprint density at radius 3 is 2.53 bits per heavy atom. The van der Waals surface area contributed by atoms with E-state index in [2.05, 4.69) is 5.32 Å². The lowest BCUT2D eigenvalue weighted by Crippen LogP contribution is -2.27. The second-order valence-corrected chi connectivity index (χ2v) is 7.78. The highest BCUT2D eigenvalue weighted by atomic mass is 32.2. The number of nitrogens with zero attached hydrogens (tertiary/aromatic N) is 1. The summed E-state index contributed by atoms with van der Waals surface area (Å²) >= 11 is 1.51. The van der Waals surface area contributed by atoms with E-state index in [1.54, 1.807) is 60.5 Å². The third-order valence-corrected chi connectivity index (χ3v) is 5.97.